The third-order valence-electron chi connectivity index (χ3n) is 7.09. The van der Waals surface area contributed by atoms with E-state index < -0.39 is 62.3 Å². The highest BCUT2D eigenvalue weighted by atomic mass is 32.2. The van der Waals surface area contributed by atoms with Crippen molar-refractivity contribution in [2.75, 3.05) is 31.7 Å². The number of sulfonamides is 1. The van der Waals surface area contributed by atoms with E-state index in [1.165, 1.54) is 37.9 Å². The van der Waals surface area contributed by atoms with Crippen molar-refractivity contribution in [1.29, 1.82) is 0 Å². The number of alkyl halides is 3. The topological polar surface area (TPSA) is 76.2 Å². The highest BCUT2D eigenvalue weighted by molar-refractivity contribution is 7.89. The van der Waals surface area contributed by atoms with Gasteiger partial charge in [-0.05, 0) is 63.1 Å². The van der Waals surface area contributed by atoms with E-state index >= 15 is 0 Å². The molecular weight excluding hydrogens is 576 g/mol. The Balaban J connectivity index is 1.89. The number of nitrogens with zero attached hydrogens (tertiary/aromatic N) is 2. The molecule has 42 heavy (non-hydrogen) atoms. The van der Waals surface area contributed by atoms with Crippen LogP contribution in [-0.4, -0.2) is 51.5 Å². The third-order valence-corrected chi connectivity index (χ3v) is 9.03. The predicted octanol–water partition coefficient (Wildman–Crippen LogP) is 6.20. The number of hydrogen-bond acceptors (Lipinski definition) is 6. The van der Waals surface area contributed by atoms with Gasteiger partial charge in [0.2, 0.25) is 10.0 Å². The minimum absolute atomic E-state index is 0.0172. The largest absolute Gasteiger partial charge is 0.492 e. The summed E-state index contributed by atoms with van der Waals surface area (Å²) in [5.41, 5.74) is -1.62. The molecule has 0 N–H and O–H groups in total. The second kappa shape index (κ2) is 11.9. The summed E-state index contributed by atoms with van der Waals surface area (Å²) in [5, 5.41) is 0. The van der Waals surface area contributed by atoms with E-state index in [0.29, 0.717) is 5.69 Å². The van der Waals surface area contributed by atoms with Crippen LogP contribution >= 0.6 is 0 Å². The lowest BCUT2D eigenvalue weighted by Crippen LogP contribution is -2.42. The third kappa shape index (κ3) is 6.54. The first-order valence-corrected chi connectivity index (χ1v) is 14.7. The molecule has 226 valence electrons. The number of hydrogen-bond donors (Lipinski definition) is 0. The summed E-state index contributed by atoms with van der Waals surface area (Å²) in [5.74, 6) is -1.97. The minimum Gasteiger partial charge on any atom is -0.492 e. The lowest BCUT2D eigenvalue weighted by Gasteiger charge is -2.30. The van der Waals surface area contributed by atoms with Gasteiger partial charge in [0, 0.05) is 31.4 Å². The van der Waals surface area contributed by atoms with Crippen LogP contribution in [0, 0.1) is 11.2 Å². The molecule has 3 aromatic carbocycles. The van der Waals surface area contributed by atoms with Gasteiger partial charge in [0.1, 0.15) is 23.1 Å². The SMILES string of the molecule is CCOC(=O)C(C)(C)COc1cc2c(cc1C(F)(F)F)N(c1ccc(F)cc1)C[C@@H](Cc1ccccc1)N(C)S2(=O)=O. The van der Waals surface area contributed by atoms with Gasteiger partial charge in [0.05, 0.1) is 23.3 Å². The molecular formula is C30H32F4N2O5S. The molecule has 1 atom stereocenters. The van der Waals surface area contributed by atoms with E-state index in [1.54, 1.807) is 6.92 Å². The van der Waals surface area contributed by atoms with Gasteiger partial charge in [-0.1, -0.05) is 30.3 Å². The maximum absolute atomic E-state index is 14.4. The first kappa shape index (κ1) is 31.3. The first-order chi connectivity index (χ1) is 19.6. The number of anilines is 2. The monoisotopic (exact) mass is 608 g/mol. The Bertz CT molecular complexity index is 1530. The summed E-state index contributed by atoms with van der Waals surface area (Å²) in [6.07, 6.45) is -4.66. The molecule has 12 heteroatoms. The lowest BCUT2D eigenvalue weighted by molar-refractivity contribution is -0.155. The molecule has 1 heterocycles. The van der Waals surface area contributed by atoms with Gasteiger partial charge < -0.3 is 14.4 Å². The first-order valence-electron chi connectivity index (χ1n) is 13.3. The van der Waals surface area contributed by atoms with E-state index in [4.69, 9.17) is 9.47 Å². The average Bonchev–Trinajstić information content (AvgIpc) is 3.01. The number of carbonyl (C=O) groups is 1. The highest BCUT2D eigenvalue weighted by Gasteiger charge is 2.42. The summed E-state index contributed by atoms with van der Waals surface area (Å²) >= 11 is 0. The Hall–Kier alpha value is -3.64. The Kier molecular flexibility index (Phi) is 8.89. The van der Waals surface area contributed by atoms with Crippen LogP contribution in [0.4, 0.5) is 28.9 Å². The molecule has 1 aliphatic rings. The van der Waals surface area contributed by atoms with Crippen molar-refractivity contribution in [3.63, 3.8) is 0 Å². The molecule has 0 radical (unpaired) electrons. The van der Waals surface area contributed by atoms with Crippen LogP contribution in [0.2, 0.25) is 0 Å². The smallest absolute Gasteiger partial charge is 0.420 e. The summed E-state index contributed by atoms with van der Waals surface area (Å²) in [6, 6.07) is 15.1. The van der Waals surface area contributed by atoms with E-state index in [-0.39, 0.29) is 25.3 Å². The molecule has 0 unspecified atom stereocenters. The van der Waals surface area contributed by atoms with Crippen molar-refractivity contribution in [3.8, 4) is 5.75 Å². The van der Waals surface area contributed by atoms with Crippen molar-refractivity contribution in [1.82, 2.24) is 4.31 Å². The van der Waals surface area contributed by atoms with Gasteiger partial charge in [0.25, 0.3) is 0 Å². The fraction of sp³-hybridized carbons (Fsp3) is 0.367. The van der Waals surface area contributed by atoms with Crippen molar-refractivity contribution >= 4 is 27.4 Å². The molecule has 0 saturated heterocycles. The van der Waals surface area contributed by atoms with Crippen LogP contribution in [-0.2, 0) is 32.2 Å². The van der Waals surface area contributed by atoms with Gasteiger partial charge in [-0.25, -0.2) is 12.8 Å². The van der Waals surface area contributed by atoms with Crippen LogP contribution in [0.1, 0.15) is 31.9 Å². The van der Waals surface area contributed by atoms with Crippen LogP contribution < -0.4 is 9.64 Å². The molecule has 7 nitrogen and oxygen atoms in total. The van der Waals surface area contributed by atoms with Crippen molar-refractivity contribution in [2.24, 2.45) is 5.41 Å². The second-order valence-corrected chi connectivity index (χ2v) is 12.6. The Morgan fingerprint density at radius 1 is 1.02 bits per heavy atom. The van der Waals surface area contributed by atoms with E-state index in [2.05, 4.69) is 0 Å². The highest BCUT2D eigenvalue weighted by Crippen LogP contribution is 2.46. The van der Waals surface area contributed by atoms with Crippen molar-refractivity contribution in [2.45, 2.75) is 44.3 Å². The molecule has 0 aliphatic carbocycles. The van der Waals surface area contributed by atoms with E-state index in [9.17, 15) is 30.8 Å². The van der Waals surface area contributed by atoms with E-state index in [1.807, 2.05) is 30.3 Å². The average molecular weight is 609 g/mol. The van der Waals surface area contributed by atoms with Gasteiger partial charge in [-0.15, -0.1) is 0 Å². The van der Waals surface area contributed by atoms with Crippen molar-refractivity contribution in [3.05, 3.63) is 83.7 Å². The molecule has 0 spiro atoms. The molecule has 0 saturated carbocycles. The zero-order valence-corrected chi connectivity index (χ0v) is 24.4. The summed E-state index contributed by atoms with van der Waals surface area (Å²) < 4.78 is 96.8. The molecule has 0 bridgehead atoms. The zero-order chi connectivity index (χ0) is 30.9. The molecule has 3 aromatic rings. The quantitative estimate of drug-likeness (QED) is 0.224. The molecule has 0 amide bonds. The number of halogens is 4. The van der Waals surface area contributed by atoms with E-state index in [0.717, 1.165) is 34.1 Å². The maximum Gasteiger partial charge on any atom is 0.420 e. The summed E-state index contributed by atoms with van der Waals surface area (Å²) in [4.78, 5) is 13.4. The van der Waals surface area contributed by atoms with Gasteiger partial charge in [0.15, 0.2) is 0 Å². The second-order valence-electron chi connectivity index (χ2n) is 10.7. The molecule has 0 aromatic heterocycles. The number of rotatable bonds is 8. The van der Waals surface area contributed by atoms with Gasteiger partial charge >= 0.3 is 12.1 Å². The number of likely N-dealkylation sites (N-methyl/N-ethyl adjacent to an activating group) is 1. The standard InChI is InChI=1S/C30H32F4N2O5S/c1-5-40-28(37)29(2,3)19-41-26-17-27-25(16-24(26)30(32,33)34)36(22-13-11-21(31)12-14-22)18-23(35(4)42(27,38)39)15-20-9-7-6-8-10-20/h6-14,16-17,23H,5,15,18-19H2,1-4H3/t23-/m1/s1. The molecule has 4 rings (SSSR count). The Morgan fingerprint density at radius 3 is 2.26 bits per heavy atom. The normalized spacial score (nSPS) is 17.3. The molecule has 1 aliphatic heterocycles. The fourth-order valence-corrected chi connectivity index (χ4v) is 6.21. The maximum atomic E-state index is 14.4. The summed E-state index contributed by atoms with van der Waals surface area (Å²) in [6.45, 7) is 4.07. The predicted molar refractivity (Wildman–Crippen MR) is 150 cm³/mol. The van der Waals surface area contributed by atoms with Crippen LogP contribution in [0.5, 0.6) is 5.75 Å². The Labute approximate surface area is 242 Å². The fourth-order valence-electron chi connectivity index (χ4n) is 4.67. The van der Waals surface area contributed by atoms with Gasteiger partial charge in [-0.2, -0.15) is 17.5 Å². The zero-order valence-electron chi connectivity index (χ0n) is 23.6. The molecule has 0 fully saturated rings. The Morgan fingerprint density at radius 2 is 1.67 bits per heavy atom. The number of esters is 1. The van der Waals surface area contributed by atoms with Crippen molar-refractivity contribution < 1.29 is 40.2 Å². The number of benzene rings is 3. The van der Waals surface area contributed by atoms with Gasteiger partial charge in [-0.3, -0.25) is 4.79 Å². The number of carbonyl (C=O) groups excluding carboxylic acids is 1. The summed E-state index contributed by atoms with van der Waals surface area (Å²) in [7, 11) is -2.98. The number of ether oxygens (including phenoxy) is 2. The van der Waals surface area contributed by atoms with Crippen LogP contribution in [0.25, 0.3) is 0 Å². The lowest BCUT2D eigenvalue weighted by atomic mass is 9.95. The van der Waals surface area contributed by atoms with Crippen LogP contribution in [0.3, 0.4) is 0 Å². The van der Waals surface area contributed by atoms with Crippen LogP contribution in [0.15, 0.2) is 71.6 Å². The minimum atomic E-state index is -4.93. The number of fused-ring (bicyclic) bond motifs is 1.